The summed E-state index contributed by atoms with van der Waals surface area (Å²) in [7, 11) is 1.55. The van der Waals surface area contributed by atoms with Crippen LogP contribution in [0, 0.1) is 0 Å². The highest BCUT2D eigenvalue weighted by molar-refractivity contribution is 6.32. The molecule has 0 unspecified atom stereocenters. The lowest BCUT2D eigenvalue weighted by atomic mass is 10.3. The van der Waals surface area contributed by atoms with Crippen LogP contribution in [-0.2, 0) is 0 Å². The van der Waals surface area contributed by atoms with Gasteiger partial charge in [0.25, 0.3) is 0 Å². The summed E-state index contributed by atoms with van der Waals surface area (Å²) in [5, 5.41) is 18.6. The third-order valence-corrected chi connectivity index (χ3v) is 5.11. The van der Waals surface area contributed by atoms with Gasteiger partial charge in [0.15, 0.2) is 16.9 Å². The number of rotatable bonds is 5. The summed E-state index contributed by atoms with van der Waals surface area (Å²) in [6, 6.07) is 7.45. The molecule has 10 nitrogen and oxygen atoms in total. The fraction of sp³-hybridized carbons (Fsp3) is 0.200. The third-order valence-electron chi connectivity index (χ3n) is 4.81. The summed E-state index contributed by atoms with van der Waals surface area (Å²) in [6.45, 7) is 0. The number of aromatic nitrogens is 5. The van der Waals surface area contributed by atoms with Crippen molar-refractivity contribution in [3.05, 3.63) is 62.4 Å². The number of aromatic hydroxyl groups is 1. The Balaban J connectivity index is 1.69. The van der Waals surface area contributed by atoms with Gasteiger partial charge in [0, 0.05) is 11.3 Å². The van der Waals surface area contributed by atoms with Crippen LogP contribution in [0.4, 0.5) is 11.5 Å². The van der Waals surface area contributed by atoms with Crippen LogP contribution in [0.25, 0.3) is 11.7 Å². The van der Waals surface area contributed by atoms with Crippen molar-refractivity contribution in [2.24, 2.45) is 4.99 Å². The number of aromatic amines is 2. The van der Waals surface area contributed by atoms with Crippen LogP contribution in [0.15, 0.2) is 40.2 Å². The number of nitrogens with zero attached hydrogens (tertiary/aromatic N) is 4. The van der Waals surface area contributed by atoms with Crippen LogP contribution < -0.4 is 26.4 Å². The number of hydrogen-bond acceptors (Lipinski definition) is 7. The van der Waals surface area contributed by atoms with E-state index >= 15 is 0 Å². The molecule has 1 fully saturated rings. The van der Waals surface area contributed by atoms with Crippen molar-refractivity contribution in [2.45, 2.75) is 18.9 Å². The highest BCUT2D eigenvalue weighted by Crippen LogP contribution is 2.33. The van der Waals surface area contributed by atoms with Crippen LogP contribution in [-0.4, -0.2) is 42.8 Å². The third kappa shape index (κ3) is 3.73. The van der Waals surface area contributed by atoms with Crippen molar-refractivity contribution in [2.75, 3.05) is 12.4 Å². The second-order valence-electron chi connectivity index (χ2n) is 7.13. The smallest absolute Gasteiger partial charge is 0.326 e. The van der Waals surface area contributed by atoms with Gasteiger partial charge in [-0.15, -0.1) is 0 Å². The van der Waals surface area contributed by atoms with Gasteiger partial charge in [-0.1, -0.05) is 17.7 Å². The molecule has 3 heterocycles. The lowest BCUT2D eigenvalue weighted by Crippen LogP contribution is -2.20. The zero-order valence-electron chi connectivity index (χ0n) is 16.4. The second kappa shape index (κ2) is 7.47. The summed E-state index contributed by atoms with van der Waals surface area (Å²) in [4.78, 5) is 25.7. The van der Waals surface area contributed by atoms with Gasteiger partial charge in [-0.3, -0.25) is 9.98 Å². The fourth-order valence-electron chi connectivity index (χ4n) is 3.21. The van der Waals surface area contributed by atoms with Crippen molar-refractivity contribution in [3.8, 4) is 11.6 Å². The Morgan fingerprint density at radius 2 is 2.23 bits per heavy atom. The predicted octanol–water partition coefficient (Wildman–Crippen LogP) is 1.47. The molecule has 1 aliphatic carbocycles. The predicted molar refractivity (Wildman–Crippen MR) is 115 cm³/mol. The van der Waals surface area contributed by atoms with E-state index in [2.05, 4.69) is 25.4 Å². The topological polar surface area (TPSA) is 133 Å². The van der Waals surface area contributed by atoms with Crippen molar-refractivity contribution in [1.29, 1.82) is 0 Å². The number of benzene rings is 1. The quantitative estimate of drug-likeness (QED) is 0.372. The molecule has 1 aromatic carbocycles. The number of anilines is 2. The SMILES string of the molecule is COc1c(Cl)cccc1Nc1cc(=NC2CC2)n2nc/c(=C/c3[nH]c(=O)[nH]c3O)c2n1. The Morgan fingerprint density at radius 3 is 2.94 bits per heavy atom. The fourth-order valence-corrected chi connectivity index (χ4v) is 3.46. The van der Waals surface area contributed by atoms with E-state index in [9.17, 15) is 9.90 Å². The van der Waals surface area contributed by atoms with Gasteiger partial charge in [0.05, 0.1) is 30.1 Å². The minimum absolute atomic E-state index is 0.234. The van der Waals surface area contributed by atoms with Gasteiger partial charge in [0.1, 0.15) is 11.5 Å². The molecule has 4 aromatic rings. The Kier molecular flexibility index (Phi) is 4.63. The lowest BCUT2D eigenvalue weighted by molar-refractivity contribution is 0.417. The summed E-state index contributed by atoms with van der Waals surface area (Å²) in [6.07, 6.45) is 5.26. The van der Waals surface area contributed by atoms with Crippen LogP contribution >= 0.6 is 11.6 Å². The Labute approximate surface area is 179 Å². The van der Waals surface area contributed by atoms with Gasteiger partial charge in [-0.25, -0.2) is 9.78 Å². The van der Waals surface area contributed by atoms with Gasteiger partial charge in [-0.2, -0.15) is 9.61 Å². The largest absolute Gasteiger partial charge is 0.493 e. The molecule has 31 heavy (non-hydrogen) atoms. The zero-order valence-corrected chi connectivity index (χ0v) is 17.1. The number of fused-ring (bicyclic) bond motifs is 1. The molecule has 1 aliphatic rings. The van der Waals surface area contributed by atoms with Crippen molar-refractivity contribution >= 4 is 34.8 Å². The maximum atomic E-state index is 11.5. The molecule has 0 saturated heterocycles. The first-order valence-corrected chi connectivity index (χ1v) is 9.95. The molecule has 0 spiro atoms. The van der Waals surface area contributed by atoms with Crippen LogP contribution in [0.5, 0.6) is 11.6 Å². The normalized spacial score (nSPS) is 15.0. The van der Waals surface area contributed by atoms with E-state index in [0.717, 1.165) is 12.8 Å². The van der Waals surface area contributed by atoms with Gasteiger partial charge < -0.3 is 20.1 Å². The monoisotopic (exact) mass is 439 g/mol. The molecule has 11 heteroatoms. The molecule has 3 aromatic heterocycles. The van der Waals surface area contributed by atoms with Crippen LogP contribution in [0.2, 0.25) is 5.02 Å². The van der Waals surface area contributed by atoms with Gasteiger partial charge in [0.2, 0.25) is 5.88 Å². The van der Waals surface area contributed by atoms with E-state index in [0.29, 0.717) is 38.6 Å². The standard InChI is InChI=1S/C20H18ClN7O3/c1-31-17-12(21)3-2-4-13(17)24-15-8-16(23-11-5-6-11)28-18(26-15)10(9-22-28)7-14-19(29)27-20(30)25-14/h2-4,7-9,11,24,29H,5-6H2,1H3,(H2,25,27,30)/b10-7-,23-16?. The highest BCUT2D eigenvalue weighted by Gasteiger charge is 2.20. The lowest BCUT2D eigenvalue weighted by Gasteiger charge is -2.12. The first kappa shape index (κ1) is 19.2. The summed E-state index contributed by atoms with van der Waals surface area (Å²) in [5.41, 5.74) is 1.53. The molecule has 0 atom stereocenters. The van der Waals surface area contributed by atoms with Crippen LogP contribution in [0.3, 0.4) is 0 Å². The number of para-hydroxylation sites is 1. The first-order valence-electron chi connectivity index (χ1n) is 9.57. The average molecular weight is 440 g/mol. The molecule has 158 valence electrons. The number of H-pyrrole nitrogens is 2. The van der Waals surface area contributed by atoms with E-state index in [1.54, 1.807) is 36.0 Å². The second-order valence-corrected chi connectivity index (χ2v) is 7.53. The van der Waals surface area contributed by atoms with E-state index in [4.69, 9.17) is 21.3 Å². The number of halogens is 1. The average Bonchev–Trinajstić information content (AvgIpc) is 3.37. The van der Waals surface area contributed by atoms with Crippen molar-refractivity contribution in [3.63, 3.8) is 0 Å². The summed E-state index contributed by atoms with van der Waals surface area (Å²) < 4.78 is 7.04. The maximum absolute atomic E-state index is 11.5. The molecular weight excluding hydrogens is 422 g/mol. The number of hydrogen-bond donors (Lipinski definition) is 4. The number of ether oxygens (including phenoxy) is 1. The molecule has 0 amide bonds. The van der Waals surface area contributed by atoms with E-state index < -0.39 is 5.69 Å². The van der Waals surface area contributed by atoms with E-state index in [1.807, 2.05) is 12.1 Å². The maximum Gasteiger partial charge on any atom is 0.326 e. The van der Waals surface area contributed by atoms with E-state index in [1.165, 1.54) is 0 Å². The minimum atomic E-state index is -0.506. The van der Waals surface area contributed by atoms with E-state index in [-0.39, 0.29) is 17.6 Å². The molecular formula is C20H18ClN7O3. The zero-order chi connectivity index (χ0) is 21.5. The highest BCUT2D eigenvalue weighted by atomic mass is 35.5. The Morgan fingerprint density at radius 1 is 1.39 bits per heavy atom. The molecule has 1 saturated carbocycles. The molecule has 5 rings (SSSR count). The molecule has 0 bridgehead atoms. The van der Waals surface area contributed by atoms with Crippen molar-refractivity contribution in [1.82, 2.24) is 24.6 Å². The Bertz CT molecular complexity index is 1470. The Hall–Kier alpha value is -3.79. The number of imidazole rings is 1. The van der Waals surface area contributed by atoms with Crippen LogP contribution in [0.1, 0.15) is 18.5 Å². The van der Waals surface area contributed by atoms with Crippen molar-refractivity contribution < 1.29 is 9.84 Å². The first-order chi connectivity index (χ1) is 15.0. The number of methoxy groups -OCH3 is 1. The number of nitrogens with one attached hydrogen (secondary N) is 3. The molecule has 4 N–H and O–H groups in total. The van der Waals surface area contributed by atoms with Gasteiger partial charge in [-0.05, 0) is 31.1 Å². The minimum Gasteiger partial charge on any atom is -0.493 e. The summed E-state index contributed by atoms with van der Waals surface area (Å²) >= 11 is 6.24. The molecule has 0 aliphatic heterocycles. The van der Waals surface area contributed by atoms with Gasteiger partial charge >= 0.3 is 5.69 Å². The summed E-state index contributed by atoms with van der Waals surface area (Å²) in [5.74, 6) is 0.765. The molecule has 0 radical (unpaired) electrons.